The summed E-state index contributed by atoms with van der Waals surface area (Å²) in [6.07, 6.45) is 5.85. The van der Waals surface area contributed by atoms with Gasteiger partial charge in [-0.15, -0.1) is 0 Å². The van der Waals surface area contributed by atoms with Gasteiger partial charge in [0.1, 0.15) is 22.9 Å². The van der Waals surface area contributed by atoms with E-state index in [-0.39, 0.29) is 11.9 Å². The van der Waals surface area contributed by atoms with Crippen molar-refractivity contribution in [3.63, 3.8) is 0 Å². The molecule has 3 N–H and O–H groups in total. The van der Waals surface area contributed by atoms with Crippen molar-refractivity contribution in [3.05, 3.63) is 59.9 Å². The Morgan fingerprint density at radius 1 is 1.00 bits per heavy atom. The summed E-state index contributed by atoms with van der Waals surface area (Å²) in [5.41, 5.74) is 8.31. The molecular weight excluding hydrogens is 496 g/mol. The lowest BCUT2D eigenvalue weighted by molar-refractivity contribution is -0.156. The highest BCUT2D eigenvalue weighted by Gasteiger charge is 2.22. The third-order valence-corrected chi connectivity index (χ3v) is 5.71. The fraction of sp³-hybridized carbons (Fsp3) is 0.467. The van der Waals surface area contributed by atoms with Crippen molar-refractivity contribution >= 4 is 23.5 Å². The third kappa shape index (κ3) is 9.21. The van der Waals surface area contributed by atoms with Crippen LogP contribution in [0.1, 0.15) is 83.1 Å². The van der Waals surface area contributed by atoms with Crippen molar-refractivity contribution in [3.8, 4) is 11.3 Å². The highest BCUT2D eigenvalue weighted by molar-refractivity contribution is 5.91. The van der Waals surface area contributed by atoms with Crippen molar-refractivity contribution in [1.82, 2.24) is 14.7 Å². The molecule has 2 aromatic heterocycles. The topological polar surface area (TPSA) is 125 Å². The highest BCUT2D eigenvalue weighted by atomic mass is 16.6. The first-order chi connectivity index (χ1) is 18.2. The lowest BCUT2D eigenvalue weighted by atomic mass is 10.1. The van der Waals surface area contributed by atoms with Crippen LogP contribution in [0.2, 0.25) is 0 Å². The maximum Gasteiger partial charge on any atom is 0.338 e. The maximum atomic E-state index is 12.5. The molecule has 9 nitrogen and oxygen atoms in total. The number of nitrogens with two attached hydrogens (primary N) is 1. The Bertz CT molecular complexity index is 1320. The number of pyridine rings is 1. The zero-order valence-electron chi connectivity index (χ0n) is 23.7. The van der Waals surface area contributed by atoms with Crippen molar-refractivity contribution in [1.29, 1.82) is 0 Å². The van der Waals surface area contributed by atoms with Gasteiger partial charge in [0.2, 0.25) is 5.91 Å². The van der Waals surface area contributed by atoms with E-state index in [0.717, 1.165) is 16.8 Å². The predicted molar refractivity (Wildman–Crippen MR) is 150 cm³/mol. The summed E-state index contributed by atoms with van der Waals surface area (Å²) in [6, 6.07) is 10.3. The van der Waals surface area contributed by atoms with E-state index >= 15 is 0 Å². The Hall–Kier alpha value is -3.72. The molecule has 39 heavy (non-hydrogen) atoms. The molecule has 1 amide bonds. The van der Waals surface area contributed by atoms with Crippen molar-refractivity contribution < 1.29 is 23.9 Å². The first-order valence-electron chi connectivity index (χ1n) is 13.3. The Labute approximate surface area is 230 Å². The van der Waals surface area contributed by atoms with E-state index in [4.69, 9.17) is 20.2 Å². The number of aromatic nitrogens is 2. The monoisotopic (exact) mass is 536 g/mol. The molecule has 1 atom stereocenters. The van der Waals surface area contributed by atoms with Gasteiger partial charge >= 0.3 is 11.9 Å². The number of fused-ring (bicyclic) bond motifs is 1. The van der Waals surface area contributed by atoms with Gasteiger partial charge in [-0.1, -0.05) is 24.6 Å². The Morgan fingerprint density at radius 3 is 2.41 bits per heavy atom. The molecule has 0 radical (unpaired) electrons. The van der Waals surface area contributed by atoms with Gasteiger partial charge in [0.05, 0.1) is 11.3 Å². The van der Waals surface area contributed by atoms with Gasteiger partial charge < -0.3 is 24.9 Å². The van der Waals surface area contributed by atoms with Crippen LogP contribution < -0.4 is 11.1 Å². The number of rotatable bonds is 10. The van der Waals surface area contributed by atoms with Crippen LogP contribution in [0.25, 0.3) is 16.9 Å². The van der Waals surface area contributed by atoms with Gasteiger partial charge in [0.15, 0.2) is 0 Å². The molecule has 0 spiro atoms. The molecule has 0 bridgehead atoms. The maximum absolute atomic E-state index is 12.5. The summed E-state index contributed by atoms with van der Waals surface area (Å²) >= 11 is 0. The number of carbonyl (C=O) groups is 3. The Kier molecular flexibility index (Phi) is 9.50. The van der Waals surface area contributed by atoms with Crippen LogP contribution in [0.5, 0.6) is 0 Å². The normalized spacial score (nSPS) is 12.7. The van der Waals surface area contributed by atoms with Crippen LogP contribution in [0, 0.1) is 0 Å². The molecule has 1 aromatic carbocycles. The zero-order valence-corrected chi connectivity index (χ0v) is 23.7. The van der Waals surface area contributed by atoms with Gasteiger partial charge in [-0.25, -0.2) is 9.78 Å². The number of nitrogens with zero attached hydrogens (tertiary/aromatic N) is 2. The van der Waals surface area contributed by atoms with Crippen LogP contribution in [-0.4, -0.2) is 44.5 Å². The van der Waals surface area contributed by atoms with Crippen LogP contribution >= 0.6 is 0 Å². The number of imidazole rings is 1. The van der Waals surface area contributed by atoms with Crippen LogP contribution in [0.15, 0.2) is 48.8 Å². The zero-order chi connectivity index (χ0) is 28.8. The lowest BCUT2D eigenvalue weighted by Gasteiger charge is -2.22. The molecule has 0 saturated heterocycles. The predicted octanol–water partition coefficient (Wildman–Crippen LogP) is 4.80. The van der Waals surface area contributed by atoms with Crippen LogP contribution in [-0.2, 0) is 25.6 Å². The number of nitrogens with one attached hydrogen (secondary N) is 1. The lowest BCUT2D eigenvalue weighted by Crippen LogP contribution is -2.37. The van der Waals surface area contributed by atoms with E-state index in [1.165, 1.54) is 0 Å². The number of carbonyl (C=O) groups excluding carboxylic acids is 3. The van der Waals surface area contributed by atoms with E-state index in [2.05, 4.69) is 5.32 Å². The molecule has 0 aliphatic heterocycles. The quantitative estimate of drug-likeness (QED) is 0.282. The fourth-order valence-corrected chi connectivity index (χ4v) is 3.92. The summed E-state index contributed by atoms with van der Waals surface area (Å²) in [7, 11) is 0. The minimum atomic E-state index is -0.690. The van der Waals surface area contributed by atoms with Gasteiger partial charge in [0, 0.05) is 36.5 Å². The van der Waals surface area contributed by atoms with Gasteiger partial charge in [-0.05, 0) is 72.6 Å². The second-order valence-corrected chi connectivity index (χ2v) is 11.6. The molecule has 0 saturated carbocycles. The Balaban J connectivity index is 1.57. The van der Waals surface area contributed by atoms with E-state index < -0.39 is 23.2 Å². The molecule has 3 aromatic rings. The summed E-state index contributed by atoms with van der Waals surface area (Å²) in [5, 5.41) is 2.95. The summed E-state index contributed by atoms with van der Waals surface area (Å²) in [4.78, 5) is 41.7. The first-order valence-corrected chi connectivity index (χ1v) is 13.3. The molecule has 0 fully saturated rings. The van der Waals surface area contributed by atoms with Crippen molar-refractivity contribution in [2.75, 3.05) is 0 Å². The number of hydrogen-bond donors (Lipinski definition) is 2. The summed E-state index contributed by atoms with van der Waals surface area (Å²) in [6.45, 7) is 11.2. The molecule has 2 heterocycles. The fourth-order valence-electron chi connectivity index (χ4n) is 3.92. The minimum absolute atomic E-state index is 0.0836. The molecule has 1 unspecified atom stereocenters. The van der Waals surface area contributed by atoms with E-state index in [1.54, 1.807) is 39.0 Å². The van der Waals surface area contributed by atoms with E-state index in [9.17, 15) is 14.4 Å². The molecular formula is C30H40N4O5. The van der Waals surface area contributed by atoms with E-state index in [0.29, 0.717) is 43.5 Å². The number of unbranched alkanes of at least 4 members (excludes halogenated alkanes) is 1. The number of hydrogen-bond acceptors (Lipinski definition) is 7. The molecule has 0 aliphatic rings. The molecule has 0 aliphatic carbocycles. The Morgan fingerprint density at radius 2 is 1.72 bits per heavy atom. The SMILES string of the molecule is CC(C)(C)OC(=O)c1cccc(-c2cn3cccc(CNC(=O)CCCCC(N)C(=O)OC(C)(C)C)c3n2)c1. The smallest absolute Gasteiger partial charge is 0.338 e. The average molecular weight is 537 g/mol. The summed E-state index contributed by atoms with van der Waals surface area (Å²) in [5.74, 6) is -0.890. The van der Waals surface area contributed by atoms with Gasteiger partial charge in [0.25, 0.3) is 0 Å². The first kappa shape index (κ1) is 29.8. The number of amides is 1. The second kappa shape index (κ2) is 12.4. The minimum Gasteiger partial charge on any atom is -0.459 e. The number of esters is 2. The molecule has 210 valence electrons. The van der Waals surface area contributed by atoms with Crippen LogP contribution in [0.3, 0.4) is 0 Å². The number of ether oxygens (including phenoxy) is 2. The van der Waals surface area contributed by atoms with E-state index in [1.807, 2.05) is 55.8 Å². The number of benzene rings is 1. The van der Waals surface area contributed by atoms with Crippen molar-refractivity contribution in [2.45, 2.75) is 91.0 Å². The largest absolute Gasteiger partial charge is 0.459 e. The third-order valence-electron chi connectivity index (χ3n) is 5.71. The molecule has 9 heteroatoms. The standard InChI is InChI=1S/C30H40N4O5/c1-29(2,3)38-27(36)21-12-9-11-20(17-21)24-19-34-16-10-13-22(26(34)33-24)18-32-25(35)15-8-7-14-23(31)28(37)39-30(4,5)6/h9-13,16-17,19,23H,7-8,14-15,18,31H2,1-6H3,(H,32,35). The second-order valence-electron chi connectivity index (χ2n) is 11.6. The van der Waals surface area contributed by atoms with Gasteiger partial charge in [-0.2, -0.15) is 0 Å². The average Bonchev–Trinajstić information content (AvgIpc) is 3.28. The van der Waals surface area contributed by atoms with Gasteiger partial charge in [-0.3, -0.25) is 9.59 Å². The molecule has 3 rings (SSSR count). The summed E-state index contributed by atoms with van der Waals surface area (Å²) < 4.78 is 12.7. The van der Waals surface area contributed by atoms with Crippen molar-refractivity contribution in [2.24, 2.45) is 5.73 Å². The highest BCUT2D eigenvalue weighted by Crippen LogP contribution is 2.23. The van der Waals surface area contributed by atoms with Crippen LogP contribution in [0.4, 0.5) is 0 Å².